The van der Waals surface area contributed by atoms with Crippen molar-refractivity contribution < 1.29 is 19.1 Å². The first-order valence-corrected chi connectivity index (χ1v) is 5.82. The predicted octanol–water partition coefficient (Wildman–Crippen LogP) is 2.05. The number of furan rings is 1. The van der Waals surface area contributed by atoms with Crippen molar-refractivity contribution in [2.45, 2.75) is 32.2 Å². The van der Waals surface area contributed by atoms with E-state index in [9.17, 15) is 9.59 Å². The largest absolute Gasteiger partial charge is 0.481 e. The maximum atomic E-state index is 11.5. The summed E-state index contributed by atoms with van der Waals surface area (Å²) in [5, 5.41) is 11.2. The van der Waals surface area contributed by atoms with Crippen molar-refractivity contribution in [2.75, 3.05) is 0 Å². The highest BCUT2D eigenvalue weighted by Crippen LogP contribution is 2.03. The van der Waals surface area contributed by atoms with E-state index in [-0.39, 0.29) is 18.4 Å². The molecule has 0 radical (unpaired) electrons. The van der Waals surface area contributed by atoms with Crippen LogP contribution in [0.1, 0.15) is 31.9 Å². The molecule has 0 fully saturated rings. The monoisotopic (exact) mass is 251 g/mol. The number of aliphatic carboxylic acids is 1. The molecule has 5 nitrogen and oxygen atoms in total. The summed E-state index contributed by atoms with van der Waals surface area (Å²) in [5.41, 5.74) is 0. The van der Waals surface area contributed by atoms with Gasteiger partial charge in [-0.15, -0.1) is 0 Å². The Morgan fingerprint density at radius 1 is 1.56 bits per heavy atom. The number of carbonyl (C=O) groups is 2. The van der Waals surface area contributed by atoms with Crippen molar-refractivity contribution in [3.63, 3.8) is 0 Å². The molecule has 0 aliphatic carbocycles. The van der Waals surface area contributed by atoms with Crippen LogP contribution in [0.4, 0.5) is 0 Å². The zero-order valence-electron chi connectivity index (χ0n) is 10.3. The van der Waals surface area contributed by atoms with Crippen LogP contribution in [0.15, 0.2) is 28.9 Å². The van der Waals surface area contributed by atoms with Gasteiger partial charge in [0.2, 0.25) is 5.91 Å². The molecule has 0 saturated carbocycles. The van der Waals surface area contributed by atoms with Crippen LogP contribution < -0.4 is 5.32 Å². The average Bonchev–Trinajstić information content (AvgIpc) is 2.78. The molecule has 2 N–H and O–H groups in total. The molecule has 0 aliphatic rings. The van der Waals surface area contributed by atoms with E-state index in [1.165, 1.54) is 12.3 Å². The molecule has 0 aliphatic heterocycles. The summed E-state index contributed by atoms with van der Waals surface area (Å²) < 4.78 is 5.05. The number of hydrogen-bond donors (Lipinski definition) is 2. The van der Waals surface area contributed by atoms with Crippen molar-refractivity contribution in [1.29, 1.82) is 0 Å². The second-order valence-electron chi connectivity index (χ2n) is 4.04. The summed E-state index contributed by atoms with van der Waals surface area (Å²) in [7, 11) is 0. The van der Waals surface area contributed by atoms with Crippen LogP contribution in [0.3, 0.4) is 0 Å². The van der Waals surface area contributed by atoms with E-state index in [0.29, 0.717) is 18.6 Å². The summed E-state index contributed by atoms with van der Waals surface area (Å²) in [6.45, 7) is 1.85. The Morgan fingerprint density at radius 3 is 2.94 bits per heavy atom. The molecule has 1 rings (SSSR count). The second kappa shape index (κ2) is 7.32. The fourth-order valence-corrected chi connectivity index (χ4v) is 1.47. The first-order chi connectivity index (χ1) is 8.58. The van der Waals surface area contributed by atoms with E-state index in [0.717, 1.165) is 0 Å². The zero-order valence-corrected chi connectivity index (χ0v) is 10.3. The Bertz CT molecular complexity index is 409. The van der Waals surface area contributed by atoms with E-state index in [4.69, 9.17) is 9.52 Å². The van der Waals surface area contributed by atoms with Crippen LogP contribution >= 0.6 is 0 Å². The lowest BCUT2D eigenvalue weighted by atomic mass is 10.1. The SMILES string of the molecule is CC(CCCC(=O)O)NC(=O)/C=C/c1ccco1. The van der Waals surface area contributed by atoms with Gasteiger partial charge in [-0.05, 0) is 38.0 Å². The Labute approximate surface area is 105 Å². The Kier molecular flexibility index (Phi) is 5.70. The quantitative estimate of drug-likeness (QED) is 0.727. The third-order valence-corrected chi connectivity index (χ3v) is 2.36. The number of hydrogen-bond acceptors (Lipinski definition) is 3. The van der Waals surface area contributed by atoms with Crippen LogP contribution in [0.2, 0.25) is 0 Å². The van der Waals surface area contributed by atoms with E-state index in [2.05, 4.69) is 5.32 Å². The topological polar surface area (TPSA) is 79.5 Å². The Morgan fingerprint density at radius 2 is 2.33 bits per heavy atom. The van der Waals surface area contributed by atoms with Gasteiger partial charge in [0.15, 0.2) is 0 Å². The van der Waals surface area contributed by atoms with Gasteiger partial charge in [-0.3, -0.25) is 9.59 Å². The van der Waals surface area contributed by atoms with Gasteiger partial charge in [0.05, 0.1) is 6.26 Å². The minimum Gasteiger partial charge on any atom is -0.481 e. The third kappa shape index (κ3) is 5.89. The summed E-state index contributed by atoms with van der Waals surface area (Å²) in [4.78, 5) is 21.8. The molecule has 0 spiro atoms. The molecule has 1 heterocycles. The highest BCUT2D eigenvalue weighted by atomic mass is 16.4. The van der Waals surface area contributed by atoms with Crippen molar-refractivity contribution in [2.24, 2.45) is 0 Å². The smallest absolute Gasteiger partial charge is 0.303 e. The standard InChI is InChI=1S/C13H17NO4/c1-10(4-2-6-13(16)17)14-12(15)8-7-11-5-3-9-18-11/h3,5,7-10H,2,4,6H2,1H3,(H,14,15)(H,16,17)/b8-7+. The van der Waals surface area contributed by atoms with Gasteiger partial charge in [-0.2, -0.15) is 0 Å². The van der Waals surface area contributed by atoms with Crippen LogP contribution in [-0.4, -0.2) is 23.0 Å². The van der Waals surface area contributed by atoms with E-state index in [1.807, 2.05) is 6.92 Å². The lowest BCUT2D eigenvalue weighted by molar-refractivity contribution is -0.137. The van der Waals surface area contributed by atoms with Crippen LogP contribution in [0.25, 0.3) is 6.08 Å². The average molecular weight is 251 g/mol. The fourth-order valence-electron chi connectivity index (χ4n) is 1.47. The summed E-state index contributed by atoms with van der Waals surface area (Å²) in [5.74, 6) is -0.413. The van der Waals surface area contributed by atoms with Crippen molar-refractivity contribution in [3.8, 4) is 0 Å². The second-order valence-corrected chi connectivity index (χ2v) is 4.04. The summed E-state index contributed by atoms with van der Waals surface area (Å²) >= 11 is 0. The lowest BCUT2D eigenvalue weighted by Crippen LogP contribution is -2.31. The minimum atomic E-state index is -0.814. The number of carboxylic acid groups (broad SMARTS) is 1. The van der Waals surface area contributed by atoms with Gasteiger partial charge in [0.1, 0.15) is 5.76 Å². The molecule has 0 saturated heterocycles. The van der Waals surface area contributed by atoms with Gasteiger partial charge >= 0.3 is 5.97 Å². The zero-order chi connectivity index (χ0) is 13.4. The molecule has 1 amide bonds. The van der Waals surface area contributed by atoms with E-state index < -0.39 is 5.97 Å². The van der Waals surface area contributed by atoms with Crippen LogP contribution in [0.5, 0.6) is 0 Å². The van der Waals surface area contributed by atoms with Gasteiger partial charge < -0.3 is 14.8 Å². The number of carboxylic acids is 1. The maximum Gasteiger partial charge on any atom is 0.303 e. The molecule has 1 atom stereocenters. The maximum absolute atomic E-state index is 11.5. The number of nitrogens with one attached hydrogen (secondary N) is 1. The van der Waals surface area contributed by atoms with E-state index >= 15 is 0 Å². The van der Waals surface area contributed by atoms with Crippen molar-refractivity contribution >= 4 is 18.0 Å². The van der Waals surface area contributed by atoms with Crippen molar-refractivity contribution in [1.82, 2.24) is 5.32 Å². The molecule has 0 bridgehead atoms. The molecular formula is C13H17NO4. The van der Waals surface area contributed by atoms with E-state index in [1.54, 1.807) is 18.2 Å². The van der Waals surface area contributed by atoms with Gasteiger partial charge in [0.25, 0.3) is 0 Å². The normalized spacial score (nSPS) is 12.5. The van der Waals surface area contributed by atoms with Crippen LogP contribution in [0, 0.1) is 0 Å². The molecule has 1 aromatic heterocycles. The highest BCUT2D eigenvalue weighted by molar-refractivity contribution is 5.91. The summed E-state index contributed by atoms with van der Waals surface area (Å²) in [6, 6.07) is 3.45. The first kappa shape index (κ1) is 14.0. The predicted molar refractivity (Wildman–Crippen MR) is 66.8 cm³/mol. The molecule has 98 valence electrons. The number of rotatable bonds is 7. The first-order valence-electron chi connectivity index (χ1n) is 5.82. The lowest BCUT2D eigenvalue weighted by Gasteiger charge is -2.11. The third-order valence-electron chi connectivity index (χ3n) is 2.36. The molecule has 18 heavy (non-hydrogen) atoms. The minimum absolute atomic E-state index is 0.0434. The van der Waals surface area contributed by atoms with Gasteiger partial charge in [0, 0.05) is 18.5 Å². The molecule has 1 aromatic rings. The van der Waals surface area contributed by atoms with Gasteiger partial charge in [-0.25, -0.2) is 0 Å². The summed E-state index contributed by atoms with van der Waals surface area (Å²) in [6.07, 6.45) is 5.84. The number of amides is 1. The number of carbonyl (C=O) groups excluding carboxylic acids is 1. The van der Waals surface area contributed by atoms with Crippen molar-refractivity contribution in [3.05, 3.63) is 30.2 Å². The molecule has 1 unspecified atom stereocenters. The van der Waals surface area contributed by atoms with Crippen LogP contribution in [-0.2, 0) is 9.59 Å². The Hall–Kier alpha value is -2.04. The fraction of sp³-hybridized carbons (Fsp3) is 0.385. The molecular weight excluding hydrogens is 234 g/mol. The molecule has 5 heteroatoms. The van der Waals surface area contributed by atoms with Gasteiger partial charge in [-0.1, -0.05) is 0 Å². The Balaban J connectivity index is 2.25. The highest BCUT2D eigenvalue weighted by Gasteiger charge is 2.06. The molecule has 0 aromatic carbocycles.